The monoisotopic (exact) mass is 221 g/mol. The Labute approximate surface area is 91.5 Å². The summed E-state index contributed by atoms with van der Waals surface area (Å²) in [6, 6.07) is 4.22. The lowest BCUT2D eigenvalue weighted by atomic mass is 10.2. The van der Waals surface area contributed by atoms with Crippen LogP contribution in [0.2, 0.25) is 0 Å². The van der Waals surface area contributed by atoms with Crippen molar-refractivity contribution in [3.63, 3.8) is 0 Å². The molecule has 0 amide bonds. The number of aromatic amines is 1. The van der Waals surface area contributed by atoms with Crippen LogP contribution in [0.4, 0.5) is 10.1 Å². The molecule has 16 heavy (non-hydrogen) atoms. The fraction of sp³-hybridized carbons (Fsp3) is 0.182. The molecule has 0 aliphatic carbocycles. The highest BCUT2D eigenvalue weighted by Gasteiger charge is 2.10. The SMILES string of the molecule is Cc1cc(F)ccc1-n1[nH]c(C)c(N)c1=O. The van der Waals surface area contributed by atoms with Gasteiger partial charge in [0.05, 0.1) is 11.4 Å². The predicted octanol–water partition coefficient (Wildman–Crippen LogP) is 1.50. The second kappa shape index (κ2) is 3.52. The Hall–Kier alpha value is -2.04. The number of rotatable bonds is 1. The van der Waals surface area contributed by atoms with Crippen molar-refractivity contribution in [2.75, 3.05) is 5.73 Å². The van der Waals surface area contributed by atoms with Crippen molar-refractivity contribution in [1.29, 1.82) is 0 Å². The molecule has 0 saturated carbocycles. The molecule has 0 saturated heterocycles. The molecule has 3 N–H and O–H groups in total. The largest absolute Gasteiger partial charge is 0.393 e. The van der Waals surface area contributed by atoms with Gasteiger partial charge in [-0.25, -0.2) is 9.07 Å². The van der Waals surface area contributed by atoms with Crippen molar-refractivity contribution < 1.29 is 4.39 Å². The molecular formula is C11H12FN3O. The lowest BCUT2D eigenvalue weighted by Crippen LogP contribution is -2.17. The molecule has 1 aromatic heterocycles. The molecule has 0 aliphatic rings. The van der Waals surface area contributed by atoms with Gasteiger partial charge in [0, 0.05) is 0 Å². The minimum absolute atomic E-state index is 0.184. The van der Waals surface area contributed by atoms with Gasteiger partial charge in [0.2, 0.25) is 0 Å². The van der Waals surface area contributed by atoms with Crippen LogP contribution in [-0.2, 0) is 0 Å². The number of anilines is 1. The smallest absolute Gasteiger partial charge is 0.294 e. The highest BCUT2D eigenvalue weighted by molar-refractivity contribution is 5.46. The summed E-state index contributed by atoms with van der Waals surface area (Å²) in [5, 5.41) is 2.85. The summed E-state index contributed by atoms with van der Waals surface area (Å²) in [5.74, 6) is -0.328. The second-order valence-electron chi connectivity index (χ2n) is 3.72. The van der Waals surface area contributed by atoms with Gasteiger partial charge in [-0.15, -0.1) is 0 Å². The van der Waals surface area contributed by atoms with Crippen molar-refractivity contribution in [2.24, 2.45) is 0 Å². The van der Waals surface area contributed by atoms with Crippen LogP contribution in [0, 0.1) is 19.7 Å². The molecule has 0 radical (unpaired) electrons. The maximum absolute atomic E-state index is 12.9. The van der Waals surface area contributed by atoms with E-state index in [-0.39, 0.29) is 17.1 Å². The first kappa shape index (κ1) is 10.5. The van der Waals surface area contributed by atoms with Crippen LogP contribution in [0.5, 0.6) is 0 Å². The standard InChI is InChI=1S/C11H12FN3O/c1-6-5-8(12)3-4-9(6)15-11(16)10(13)7(2)14-15/h3-5,14H,13H2,1-2H3. The third-order valence-electron chi connectivity index (χ3n) is 2.52. The molecule has 5 heteroatoms. The third kappa shape index (κ3) is 1.50. The summed E-state index contributed by atoms with van der Waals surface area (Å²) in [7, 11) is 0. The first-order chi connectivity index (χ1) is 7.50. The van der Waals surface area contributed by atoms with Crippen molar-refractivity contribution in [2.45, 2.75) is 13.8 Å². The average molecular weight is 221 g/mol. The maximum Gasteiger partial charge on any atom is 0.294 e. The minimum atomic E-state index is -0.328. The summed E-state index contributed by atoms with van der Waals surface area (Å²) in [4.78, 5) is 11.7. The molecule has 0 bridgehead atoms. The van der Waals surface area contributed by atoms with Gasteiger partial charge in [0.1, 0.15) is 11.5 Å². The van der Waals surface area contributed by atoms with E-state index in [9.17, 15) is 9.18 Å². The molecule has 0 aliphatic heterocycles. The Bertz CT molecular complexity index is 598. The summed E-state index contributed by atoms with van der Waals surface area (Å²) >= 11 is 0. The molecular weight excluding hydrogens is 209 g/mol. The number of aromatic nitrogens is 2. The summed E-state index contributed by atoms with van der Waals surface area (Å²) in [6.07, 6.45) is 0. The number of aryl methyl sites for hydroxylation is 2. The zero-order chi connectivity index (χ0) is 11.9. The van der Waals surface area contributed by atoms with E-state index in [0.29, 0.717) is 16.9 Å². The average Bonchev–Trinajstić information content (AvgIpc) is 2.46. The van der Waals surface area contributed by atoms with Gasteiger partial charge >= 0.3 is 0 Å². The number of nitrogen functional groups attached to an aromatic ring is 1. The molecule has 1 aromatic carbocycles. The quantitative estimate of drug-likeness (QED) is 0.766. The zero-order valence-electron chi connectivity index (χ0n) is 9.04. The van der Waals surface area contributed by atoms with E-state index in [1.807, 2.05) is 0 Å². The van der Waals surface area contributed by atoms with Crippen LogP contribution >= 0.6 is 0 Å². The van der Waals surface area contributed by atoms with Gasteiger partial charge in [-0.3, -0.25) is 9.89 Å². The fourth-order valence-corrected chi connectivity index (χ4v) is 1.60. The molecule has 84 valence electrons. The van der Waals surface area contributed by atoms with E-state index < -0.39 is 0 Å². The first-order valence-electron chi connectivity index (χ1n) is 4.84. The van der Waals surface area contributed by atoms with Gasteiger partial charge in [0.25, 0.3) is 5.56 Å². The Morgan fingerprint density at radius 2 is 2.06 bits per heavy atom. The number of benzene rings is 1. The number of halogens is 1. The number of nitrogens with one attached hydrogen (secondary N) is 1. The summed E-state index contributed by atoms with van der Waals surface area (Å²) in [6.45, 7) is 3.45. The predicted molar refractivity (Wildman–Crippen MR) is 60.2 cm³/mol. The Balaban J connectivity index is 2.68. The molecule has 2 aromatic rings. The Morgan fingerprint density at radius 1 is 1.38 bits per heavy atom. The van der Waals surface area contributed by atoms with Gasteiger partial charge in [-0.1, -0.05) is 0 Å². The molecule has 1 heterocycles. The highest BCUT2D eigenvalue weighted by atomic mass is 19.1. The Morgan fingerprint density at radius 3 is 2.56 bits per heavy atom. The van der Waals surface area contributed by atoms with Gasteiger partial charge < -0.3 is 5.73 Å². The van der Waals surface area contributed by atoms with Crippen molar-refractivity contribution in [1.82, 2.24) is 9.78 Å². The Kier molecular flexibility index (Phi) is 2.30. The summed E-state index contributed by atoms with van der Waals surface area (Å²) < 4.78 is 14.2. The second-order valence-corrected chi connectivity index (χ2v) is 3.72. The van der Waals surface area contributed by atoms with E-state index >= 15 is 0 Å². The normalized spacial score (nSPS) is 10.7. The minimum Gasteiger partial charge on any atom is -0.393 e. The van der Waals surface area contributed by atoms with Crippen LogP contribution in [0.25, 0.3) is 5.69 Å². The number of nitrogens with zero attached hydrogens (tertiary/aromatic N) is 1. The number of H-pyrrole nitrogens is 1. The van der Waals surface area contributed by atoms with E-state index in [1.165, 1.54) is 16.8 Å². The highest BCUT2D eigenvalue weighted by Crippen LogP contribution is 2.14. The third-order valence-corrected chi connectivity index (χ3v) is 2.52. The van der Waals surface area contributed by atoms with Crippen LogP contribution in [0.3, 0.4) is 0 Å². The van der Waals surface area contributed by atoms with Crippen LogP contribution in [0.15, 0.2) is 23.0 Å². The molecule has 4 nitrogen and oxygen atoms in total. The lowest BCUT2D eigenvalue weighted by molar-refractivity contribution is 0.625. The number of nitrogens with two attached hydrogens (primary N) is 1. The van der Waals surface area contributed by atoms with Gasteiger partial charge in [0.15, 0.2) is 0 Å². The molecule has 2 rings (SSSR count). The van der Waals surface area contributed by atoms with Crippen LogP contribution < -0.4 is 11.3 Å². The van der Waals surface area contributed by atoms with E-state index in [4.69, 9.17) is 5.73 Å². The number of hydrogen-bond acceptors (Lipinski definition) is 2. The van der Waals surface area contributed by atoms with Gasteiger partial charge in [-0.2, -0.15) is 0 Å². The summed E-state index contributed by atoms with van der Waals surface area (Å²) in [5.41, 5.74) is 7.33. The van der Waals surface area contributed by atoms with E-state index in [0.717, 1.165) is 0 Å². The lowest BCUT2D eigenvalue weighted by Gasteiger charge is -2.05. The van der Waals surface area contributed by atoms with Crippen LogP contribution in [0.1, 0.15) is 11.3 Å². The van der Waals surface area contributed by atoms with Crippen molar-refractivity contribution in [3.05, 3.63) is 45.6 Å². The molecule has 0 unspecified atom stereocenters. The zero-order valence-corrected chi connectivity index (χ0v) is 9.04. The van der Waals surface area contributed by atoms with Crippen molar-refractivity contribution in [3.8, 4) is 5.69 Å². The molecule has 0 atom stereocenters. The van der Waals surface area contributed by atoms with Gasteiger partial charge in [-0.05, 0) is 37.6 Å². The number of hydrogen-bond donors (Lipinski definition) is 2. The van der Waals surface area contributed by atoms with E-state index in [1.54, 1.807) is 19.9 Å². The molecule has 0 fully saturated rings. The topological polar surface area (TPSA) is 63.8 Å². The van der Waals surface area contributed by atoms with Crippen LogP contribution in [-0.4, -0.2) is 9.78 Å². The van der Waals surface area contributed by atoms with E-state index in [2.05, 4.69) is 5.10 Å². The van der Waals surface area contributed by atoms with Crippen molar-refractivity contribution >= 4 is 5.69 Å². The first-order valence-corrected chi connectivity index (χ1v) is 4.84. The molecule has 0 spiro atoms. The maximum atomic E-state index is 12.9. The fourth-order valence-electron chi connectivity index (χ4n) is 1.60.